The molecule has 0 bridgehead atoms. The van der Waals surface area contributed by atoms with Crippen LogP contribution in [0.1, 0.15) is 2.85 Å². The molecule has 10 heavy (non-hydrogen) atoms. The molecular weight excluding hydrogens is 214 g/mol. The second-order valence-electron chi connectivity index (χ2n) is 1.54. The van der Waals surface area contributed by atoms with Crippen molar-refractivity contribution in [1.82, 2.24) is 0 Å². The first-order valence-corrected chi connectivity index (χ1v) is 3.10. The van der Waals surface area contributed by atoms with Crippen molar-refractivity contribution in [2.75, 3.05) is 0 Å². The number of hydrogen-bond acceptors (Lipinski definition) is 0. The number of hydrogen-bond donors (Lipinski definition) is 0. The van der Waals surface area contributed by atoms with Crippen molar-refractivity contribution in [1.29, 1.82) is 0 Å². The maximum absolute atomic E-state index is 12.3. The average Bonchev–Trinajstić information content (AvgIpc) is 1.83. The summed E-state index contributed by atoms with van der Waals surface area (Å²) in [6.07, 6.45) is 0. The van der Waals surface area contributed by atoms with Crippen LogP contribution in [-0.2, 0) is 0 Å². The van der Waals surface area contributed by atoms with Gasteiger partial charge in [-0.05, 0) is 28.1 Å². The third-order valence-corrected chi connectivity index (χ3v) is 1.66. The van der Waals surface area contributed by atoms with Crippen molar-refractivity contribution in [3.8, 4) is 0 Å². The van der Waals surface area contributed by atoms with Crippen LogP contribution in [0.15, 0.2) is 22.7 Å². The van der Waals surface area contributed by atoms with E-state index in [9.17, 15) is 8.78 Å². The van der Waals surface area contributed by atoms with Crippen LogP contribution in [0.2, 0.25) is 0 Å². The first kappa shape index (κ1) is 10.3. The standard InChI is InChI=1S/C6H3BrF2.Mg.2H/c7-6-4(8)2-1-3-5(6)9;;;/h1-3H;;;/q;+2;2*-1. The molecule has 0 N–H and O–H groups in total. The van der Waals surface area contributed by atoms with E-state index in [-0.39, 0.29) is 30.4 Å². The van der Waals surface area contributed by atoms with E-state index in [1.54, 1.807) is 0 Å². The minimum Gasteiger partial charge on any atom is -1.00 e. The Balaban J connectivity index is -0.000000270. The molecule has 0 aromatic heterocycles. The first-order valence-electron chi connectivity index (χ1n) is 2.31. The molecule has 1 rings (SSSR count). The normalized spacial score (nSPS) is 8.70. The molecule has 0 fully saturated rings. The summed E-state index contributed by atoms with van der Waals surface area (Å²) in [6, 6.07) is 3.69. The van der Waals surface area contributed by atoms with Gasteiger partial charge >= 0.3 is 23.1 Å². The van der Waals surface area contributed by atoms with Crippen LogP contribution in [0, 0.1) is 11.6 Å². The zero-order valence-corrected chi connectivity index (χ0v) is 8.07. The first-order chi connectivity index (χ1) is 4.22. The van der Waals surface area contributed by atoms with E-state index in [2.05, 4.69) is 15.9 Å². The molecule has 0 saturated carbocycles. The predicted molar refractivity (Wildman–Crippen MR) is 42.0 cm³/mol. The fourth-order valence-corrected chi connectivity index (χ4v) is 0.742. The van der Waals surface area contributed by atoms with Crippen LogP contribution >= 0.6 is 15.9 Å². The molecule has 0 aliphatic carbocycles. The minimum absolute atomic E-state index is 0. The van der Waals surface area contributed by atoms with Crippen LogP contribution < -0.4 is 0 Å². The number of halogens is 3. The second kappa shape index (κ2) is 4.26. The van der Waals surface area contributed by atoms with Crippen molar-refractivity contribution >= 4 is 39.0 Å². The van der Waals surface area contributed by atoms with E-state index in [0.717, 1.165) is 0 Å². The largest absolute Gasteiger partial charge is 2.00 e. The van der Waals surface area contributed by atoms with Crippen molar-refractivity contribution in [2.45, 2.75) is 0 Å². The van der Waals surface area contributed by atoms with Crippen molar-refractivity contribution < 1.29 is 11.6 Å². The Morgan fingerprint density at radius 2 is 1.60 bits per heavy atom. The molecule has 0 spiro atoms. The number of rotatable bonds is 0. The van der Waals surface area contributed by atoms with E-state index in [4.69, 9.17) is 0 Å². The Kier molecular flexibility index (Phi) is 4.39. The Morgan fingerprint density at radius 1 is 1.20 bits per heavy atom. The van der Waals surface area contributed by atoms with Crippen molar-refractivity contribution in [3.63, 3.8) is 0 Å². The zero-order chi connectivity index (χ0) is 6.85. The summed E-state index contributed by atoms with van der Waals surface area (Å²) in [5.41, 5.74) is 0. The third kappa shape index (κ3) is 2.18. The van der Waals surface area contributed by atoms with E-state index in [0.29, 0.717) is 0 Å². The summed E-state index contributed by atoms with van der Waals surface area (Å²) in [7, 11) is 0. The summed E-state index contributed by atoms with van der Waals surface area (Å²) in [5.74, 6) is -1.15. The molecule has 0 heterocycles. The molecule has 0 radical (unpaired) electrons. The van der Waals surface area contributed by atoms with Gasteiger partial charge in [0.25, 0.3) is 0 Å². The zero-order valence-electron chi connectivity index (χ0n) is 7.07. The molecule has 0 saturated heterocycles. The molecule has 1 aromatic carbocycles. The summed E-state index contributed by atoms with van der Waals surface area (Å²) in [5, 5.41) is 0. The molecule has 0 aliphatic rings. The van der Waals surface area contributed by atoms with Gasteiger partial charge in [0.2, 0.25) is 0 Å². The molecule has 0 nitrogen and oxygen atoms in total. The van der Waals surface area contributed by atoms with Crippen LogP contribution in [-0.4, -0.2) is 23.1 Å². The van der Waals surface area contributed by atoms with Gasteiger partial charge in [0.15, 0.2) is 0 Å². The van der Waals surface area contributed by atoms with Crippen LogP contribution in [0.3, 0.4) is 0 Å². The fraction of sp³-hybridized carbons (Fsp3) is 0. The molecule has 0 amide bonds. The van der Waals surface area contributed by atoms with Crippen LogP contribution in [0.25, 0.3) is 0 Å². The smallest absolute Gasteiger partial charge is 1.00 e. The monoisotopic (exact) mass is 218 g/mol. The Hall–Kier alpha value is 0.326. The van der Waals surface area contributed by atoms with Gasteiger partial charge < -0.3 is 2.85 Å². The van der Waals surface area contributed by atoms with Gasteiger partial charge in [-0.2, -0.15) is 0 Å². The van der Waals surface area contributed by atoms with E-state index >= 15 is 0 Å². The maximum atomic E-state index is 12.3. The molecule has 1 aromatic rings. The van der Waals surface area contributed by atoms with E-state index in [1.807, 2.05) is 0 Å². The number of benzene rings is 1. The Morgan fingerprint density at radius 3 is 1.90 bits per heavy atom. The van der Waals surface area contributed by atoms with Gasteiger partial charge in [0.05, 0.1) is 4.47 Å². The SMILES string of the molecule is Fc1cccc(F)c1Br.[H-].[H-].[Mg+2]. The van der Waals surface area contributed by atoms with Gasteiger partial charge in [-0.15, -0.1) is 0 Å². The molecule has 0 aliphatic heterocycles. The van der Waals surface area contributed by atoms with Crippen molar-refractivity contribution in [2.24, 2.45) is 0 Å². The fourth-order valence-electron chi connectivity index (χ4n) is 0.477. The molecule has 0 atom stereocenters. The molecule has 0 unspecified atom stereocenters. The third-order valence-electron chi connectivity index (χ3n) is 0.904. The van der Waals surface area contributed by atoms with Gasteiger partial charge in [-0.1, -0.05) is 6.07 Å². The Bertz CT molecular complexity index is 215. The van der Waals surface area contributed by atoms with E-state index in [1.165, 1.54) is 18.2 Å². The molecule has 4 heteroatoms. The predicted octanol–water partition coefficient (Wildman–Crippen LogP) is 2.57. The quantitative estimate of drug-likeness (QED) is 0.465. The average molecular weight is 219 g/mol. The van der Waals surface area contributed by atoms with Gasteiger partial charge in [0.1, 0.15) is 11.6 Å². The summed E-state index contributed by atoms with van der Waals surface area (Å²) in [4.78, 5) is 0. The van der Waals surface area contributed by atoms with Crippen LogP contribution in [0.4, 0.5) is 8.78 Å². The van der Waals surface area contributed by atoms with Gasteiger partial charge in [-0.3, -0.25) is 0 Å². The second-order valence-corrected chi connectivity index (χ2v) is 2.33. The summed E-state index contributed by atoms with van der Waals surface area (Å²) >= 11 is 2.73. The molecular formula is C6H5BrF2Mg. The molecule has 52 valence electrons. The Labute approximate surface area is 84.9 Å². The van der Waals surface area contributed by atoms with E-state index < -0.39 is 11.6 Å². The minimum atomic E-state index is -0.574. The summed E-state index contributed by atoms with van der Waals surface area (Å²) in [6.45, 7) is 0. The van der Waals surface area contributed by atoms with Crippen molar-refractivity contribution in [3.05, 3.63) is 34.3 Å². The van der Waals surface area contributed by atoms with Crippen LogP contribution in [0.5, 0.6) is 0 Å². The maximum Gasteiger partial charge on any atom is 2.00 e. The van der Waals surface area contributed by atoms with Gasteiger partial charge in [-0.25, -0.2) is 8.78 Å². The summed E-state index contributed by atoms with van der Waals surface area (Å²) < 4.78 is 24.5. The topological polar surface area (TPSA) is 0 Å². The van der Waals surface area contributed by atoms with Gasteiger partial charge in [0, 0.05) is 0 Å².